The number of hydrogen-bond acceptors (Lipinski definition) is 2. The molecule has 1 heterocycles. The van der Waals surface area contributed by atoms with Crippen molar-refractivity contribution < 1.29 is 17.7 Å². The van der Waals surface area contributed by atoms with Gasteiger partial charge in [0.05, 0.1) is 17.3 Å². The summed E-state index contributed by atoms with van der Waals surface area (Å²) in [7, 11) is 0. The van der Waals surface area contributed by atoms with Crippen molar-refractivity contribution in [3.8, 4) is 11.1 Å². The molecular formula is C10H5BrF3NO. The van der Waals surface area contributed by atoms with Gasteiger partial charge in [0.2, 0.25) is 4.67 Å². The molecule has 0 bridgehead atoms. The van der Waals surface area contributed by atoms with Gasteiger partial charge in [0.25, 0.3) is 0 Å². The van der Waals surface area contributed by atoms with Crippen LogP contribution in [0.5, 0.6) is 0 Å². The normalized spacial score (nSPS) is 11.8. The van der Waals surface area contributed by atoms with Crippen molar-refractivity contribution in [1.29, 1.82) is 0 Å². The molecule has 0 aliphatic carbocycles. The van der Waals surface area contributed by atoms with Gasteiger partial charge in [-0.15, -0.1) is 0 Å². The molecule has 84 valence electrons. The molecule has 0 atom stereocenters. The predicted molar refractivity (Wildman–Crippen MR) is 54.6 cm³/mol. The maximum atomic E-state index is 12.3. The molecular weight excluding hydrogens is 287 g/mol. The first-order valence-corrected chi connectivity index (χ1v) is 5.05. The Bertz CT molecular complexity index is 490. The lowest BCUT2D eigenvalue weighted by Gasteiger charge is -2.06. The van der Waals surface area contributed by atoms with Crippen molar-refractivity contribution in [2.45, 2.75) is 6.18 Å². The van der Waals surface area contributed by atoms with Gasteiger partial charge in [-0.3, -0.25) is 0 Å². The van der Waals surface area contributed by atoms with Gasteiger partial charge in [0.1, 0.15) is 0 Å². The highest BCUT2D eigenvalue weighted by Gasteiger charge is 2.30. The highest BCUT2D eigenvalue weighted by molar-refractivity contribution is 9.10. The zero-order valence-electron chi connectivity index (χ0n) is 7.75. The van der Waals surface area contributed by atoms with Crippen LogP contribution in [0.25, 0.3) is 11.1 Å². The summed E-state index contributed by atoms with van der Waals surface area (Å²) in [6, 6.07) is 4.80. The summed E-state index contributed by atoms with van der Waals surface area (Å²) in [6.07, 6.45) is -2.88. The molecule has 0 aliphatic heterocycles. The molecule has 0 amide bonds. The van der Waals surface area contributed by atoms with Gasteiger partial charge in [0, 0.05) is 0 Å². The number of rotatable bonds is 1. The first-order valence-electron chi connectivity index (χ1n) is 4.26. The van der Waals surface area contributed by atoms with E-state index in [9.17, 15) is 13.2 Å². The van der Waals surface area contributed by atoms with Crippen LogP contribution in [0.4, 0.5) is 13.2 Å². The standard InChI is InChI=1S/C10H5BrF3NO/c11-9-8(5-15-16-9)6-1-3-7(4-2-6)10(12,13)14/h1-5H. The molecule has 1 aromatic carbocycles. The van der Waals surface area contributed by atoms with Crippen LogP contribution in [0.3, 0.4) is 0 Å². The first-order chi connectivity index (χ1) is 7.48. The lowest BCUT2D eigenvalue weighted by Crippen LogP contribution is -2.03. The molecule has 6 heteroatoms. The molecule has 0 saturated heterocycles. The Morgan fingerprint density at radius 2 is 1.75 bits per heavy atom. The van der Waals surface area contributed by atoms with Gasteiger partial charge in [-0.2, -0.15) is 13.2 Å². The lowest BCUT2D eigenvalue weighted by atomic mass is 10.1. The summed E-state index contributed by atoms with van der Waals surface area (Å²) in [4.78, 5) is 0. The van der Waals surface area contributed by atoms with Gasteiger partial charge >= 0.3 is 6.18 Å². The Labute approximate surface area is 97.2 Å². The van der Waals surface area contributed by atoms with Gasteiger partial charge in [-0.05, 0) is 33.6 Å². The Morgan fingerprint density at radius 3 is 2.19 bits per heavy atom. The van der Waals surface area contributed by atoms with Crippen LogP contribution < -0.4 is 0 Å². The number of alkyl halides is 3. The van der Waals surface area contributed by atoms with E-state index in [1.54, 1.807) is 0 Å². The van der Waals surface area contributed by atoms with E-state index in [0.717, 1.165) is 12.1 Å². The number of aromatic nitrogens is 1. The number of nitrogens with zero attached hydrogens (tertiary/aromatic N) is 1. The average molecular weight is 292 g/mol. The van der Waals surface area contributed by atoms with E-state index in [2.05, 4.69) is 21.1 Å². The fourth-order valence-electron chi connectivity index (χ4n) is 1.25. The molecule has 0 unspecified atom stereocenters. The molecule has 0 spiro atoms. The third kappa shape index (κ3) is 2.11. The Balaban J connectivity index is 2.37. The van der Waals surface area contributed by atoms with Crippen LogP contribution in [-0.2, 0) is 6.18 Å². The van der Waals surface area contributed by atoms with Crippen molar-refractivity contribution in [1.82, 2.24) is 5.16 Å². The van der Waals surface area contributed by atoms with Crippen molar-refractivity contribution in [2.75, 3.05) is 0 Å². The zero-order chi connectivity index (χ0) is 11.8. The second-order valence-electron chi connectivity index (χ2n) is 3.09. The number of hydrogen-bond donors (Lipinski definition) is 0. The lowest BCUT2D eigenvalue weighted by molar-refractivity contribution is -0.137. The molecule has 0 aliphatic rings. The predicted octanol–water partition coefficient (Wildman–Crippen LogP) is 4.12. The summed E-state index contributed by atoms with van der Waals surface area (Å²) in [5, 5.41) is 3.53. The minimum atomic E-state index is -4.32. The second kappa shape index (κ2) is 3.93. The summed E-state index contributed by atoms with van der Waals surface area (Å²) >= 11 is 3.11. The molecule has 2 aromatic rings. The number of halogens is 4. The molecule has 0 N–H and O–H groups in total. The van der Waals surface area contributed by atoms with Crippen molar-refractivity contribution >= 4 is 15.9 Å². The van der Waals surface area contributed by atoms with Crippen LogP contribution in [0.2, 0.25) is 0 Å². The molecule has 16 heavy (non-hydrogen) atoms. The van der Waals surface area contributed by atoms with Crippen LogP contribution in [0.1, 0.15) is 5.56 Å². The van der Waals surface area contributed by atoms with Crippen LogP contribution in [0.15, 0.2) is 39.7 Å². The van der Waals surface area contributed by atoms with Gasteiger partial charge in [-0.1, -0.05) is 17.3 Å². The third-order valence-electron chi connectivity index (χ3n) is 2.05. The fraction of sp³-hybridized carbons (Fsp3) is 0.100. The van der Waals surface area contributed by atoms with E-state index in [4.69, 9.17) is 4.52 Å². The molecule has 0 fully saturated rings. The van der Waals surface area contributed by atoms with Crippen molar-refractivity contribution in [3.63, 3.8) is 0 Å². The summed E-state index contributed by atoms with van der Waals surface area (Å²) in [6.45, 7) is 0. The van der Waals surface area contributed by atoms with E-state index in [1.807, 2.05) is 0 Å². The third-order valence-corrected chi connectivity index (χ3v) is 2.62. The maximum Gasteiger partial charge on any atom is 0.416 e. The minimum Gasteiger partial charge on any atom is -0.349 e. The minimum absolute atomic E-state index is 0.396. The highest BCUT2D eigenvalue weighted by Crippen LogP contribution is 2.32. The van der Waals surface area contributed by atoms with Gasteiger partial charge in [0.15, 0.2) is 0 Å². The quantitative estimate of drug-likeness (QED) is 0.790. The highest BCUT2D eigenvalue weighted by atomic mass is 79.9. The van der Waals surface area contributed by atoms with Crippen LogP contribution >= 0.6 is 15.9 Å². The SMILES string of the molecule is FC(F)(F)c1ccc(-c2cnoc2Br)cc1. The maximum absolute atomic E-state index is 12.3. The summed E-state index contributed by atoms with van der Waals surface area (Å²) < 4.78 is 42.1. The smallest absolute Gasteiger partial charge is 0.349 e. The average Bonchev–Trinajstić information content (AvgIpc) is 2.63. The Morgan fingerprint density at radius 1 is 1.12 bits per heavy atom. The molecule has 2 rings (SSSR count). The molecule has 0 radical (unpaired) electrons. The first kappa shape index (κ1) is 11.2. The fourth-order valence-corrected chi connectivity index (χ4v) is 1.67. The van der Waals surface area contributed by atoms with E-state index < -0.39 is 11.7 Å². The molecule has 2 nitrogen and oxygen atoms in total. The van der Waals surface area contributed by atoms with E-state index in [1.165, 1.54) is 18.3 Å². The topological polar surface area (TPSA) is 26.0 Å². The molecule has 0 saturated carbocycles. The van der Waals surface area contributed by atoms with E-state index in [0.29, 0.717) is 15.8 Å². The number of benzene rings is 1. The Kier molecular flexibility index (Phi) is 2.75. The molecule has 1 aromatic heterocycles. The largest absolute Gasteiger partial charge is 0.416 e. The van der Waals surface area contributed by atoms with Gasteiger partial charge < -0.3 is 4.52 Å². The summed E-state index contributed by atoms with van der Waals surface area (Å²) in [5.74, 6) is 0. The van der Waals surface area contributed by atoms with E-state index in [-0.39, 0.29) is 0 Å². The Hall–Kier alpha value is -1.30. The van der Waals surface area contributed by atoms with Crippen LogP contribution in [-0.4, -0.2) is 5.16 Å². The monoisotopic (exact) mass is 291 g/mol. The van der Waals surface area contributed by atoms with E-state index >= 15 is 0 Å². The second-order valence-corrected chi connectivity index (χ2v) is 3.81. The van der Waals surface area contributed by atoms with Gasteiger partial charge in [-0.25, -0.2) is 0 Å². The zero-order valence-corrected chi connectivity index (χ0v) is 9.34. The summed E-state index contributed by atoms with van der Waals surface area (Å²) in [5.41, 5.74) is 0.554. The van der Waals surface area contributed by atoms with Crippen molar-refractivity contribution in [3.05, 3.63) is 40.7 Å². The van der Waals surface area contributed by atoms with Crippen LogP contribution in [0, 0.1) is 0 Å². The van der Waals surface area contributed by atoms with Crippen molar-refractivity contribution in [2.24, 2.45) is 0 Å².